The van der Waals surface area contributed by atoms with E-state index in [9.17, 15) is 14.4 Å². The fourth-order valence-corrected chi connectivity index (χ4v) is 4.66. The van der Waals surface area contributed by atoms with Crippen LogP contribution in [0.3, 0.4) is 0 Å². The molecular formula is C22H28N4O3. The quantitative estimate of drug-likeness (QED) is 0.784. The molecule has 0 aliphatic carbocycles. The van der Waals surface area contributed by atoms with Gasteiger partial charge in [0.25, 0.3) is 5.91 Å². The SMILES string of the molecule is CCCCN1C(C(=O)N2CCCc3ccccc32)=CC2C(=O)N(C)C(=O)N(C)C21. The Morgan fingerprint density at radius 1 is 1.17 bits per heavy atom. The van der Waals surface area contributed by atoms with Gasteiger partial charge in [-0.3, -0.25) is 14.5 Å². The van der Waals surface area contributed by atoms with Crippen molar-refractivity contribution in [3.05, 3.63) is 41.6 Å². The Kier molecular flexibility index (Phi) is 5.06. The second kappa shape index (κ2) is 7.54. The highest BCUT2D eigenvalue weighted by Crippen LogP contribution is 2.37. The highest BCUT2D eigenvalue weighted by atomic mass is 16.2. The molecule has 4 rings (SSSR count). The molecule has 154 valence electrons. The highest BCUT2D eigenvalue weighted by molar-refractivity contribution is 6.08. The number of hydrogen-bond donors (Lipinski definition) is 0. The van der Waals surface area contributed by atoms with Crippen LogP contribution < -0.4 is 4.90 Å². The molecule has 0 saturated carbocycles. The van der Waals surface area contributed by atoms with Crippen LogP contribution in [0.5, 0.6) is 0 Å². The molecule has 1 aromatic rings. The molecule has 0 spiro atoms. The molecule has 4 amide bonds. The van der Waals surface area contributed by atoms with Crippen molar-refractivity contribution in [2.45, 2.75) is 38.8 Å². The number of nitrogens with zero attached hydrogens (tertiary/aromatic N) is 4. The monoisotopic (exact) mass is 396 g/mol. The number of rotatable bonds is 4. The fraction of sp³-hybridized carbons (Fsp3) is 0.500. The van der Waals surface area contributed by atoms with E-state index in [0.717, 1.165) is 36.3 Å². The van der Waals surface area contributed by atoms with Gasteiger partial charge in [0.15, 0.2) is 0 Å². The lowest BCUT2D eigenvalue weighted by Gasteiger charge is -2.43. The van der Waals surface area contributed by atoms with Crippen molar-refractivity contribution in [2.75, 3.05) is 32.1 Å². The van der Waals surface area contributed by atoms with Gasteiger partial charge in [-0.1, -0.05) is 31.5 Å². The van der Waals surface area contributed by atoms with Crippen molar-refractivity contribution < 1.29 is 14.4 Å². The Bertz CT molecular complexity index is 881. The van der Waals surface area contributed by atoms with E-state index >= 15 is 0 Å². The minimum Gasteiger partial charge on any atom is -0.346 e. The first-order chi connectivity index (χ1) is 14.0. The predicted octanol–water partition coefficient (Wildman–Crippen LogP) is 2.43. The van der Waals surface area contributed by atoms with Crippen LogP contribution in [0.4, 0.5) is 10.5 Å². The summed E-state index contributed by atoms with van der Waals surface area (Å²) in [6.45, 7) is 3.39. The molecule has 2 atom stereocenters. The number of unbranched alkanes of at least 4 members (excludes halogenated alkanes) is 1. The van der Waals surface area contributed by atoms with E-state index < -0.39 is 12.1 Å². The number of aryl methyl sites for hydroxylation is 1. The van der Waals surface area contributed by atoms with Crippen molar-refractivity contribution >= 4 is 23.5 Å². The number of benzene rings is 1. The molecule has 0 aromatic heterocycles. The first-order valence-electron chi connectivity index (χ1n) is 10.4. The maximum atomic E-state index is 13.6. The maximum Gasteiger partial charge on any atom is 0.327 e. The summed E-state index contributed by atoms with van der Waals surface area (Å²) in [5.41, 5.74) is 2.66. The summed E-state index contributed by atoms with van der Waals surface area (Å²) in [4.78, 5) is 45.5. The molecule has 3 aliphatic heterocycles. The van der Waals surface area contributed by atoms with Crippen LogP contribution >= 0.6 is 0 Å². The minimum absolute atomic E-state index is 0.0843. The summed E-state index contributed by atoms with van der Waals surface area (Å²) >= 11 is 0. The normalized spacial score (nSPS) is 23.9. The standard InChI is InChI=1S/C22H28N4O3/c1-4-5-12-25-18(14-16-19(25)23(2)22(29)24(3)20(16)27)21(28)26-13-8-10-15-9-6-7-11-17(15)26/h6-7,9,11,14,16,19H,4-5,8,10,12-13H2,1-3H3. The van der Waals surface area contributed by atoms with E-state index in [4.69, 9.17) is 0 Å². The number of anilines is 1. The molecular weight excluding hydrogens is 368 g/mol. The second-order valence-corrected chi connectivity index (χ2v) is 8.02. The molecule has 0 bridgehead atoms. The van der Waals surface area contributed by atoms with Gasteiger partial charge < -0.3 is 14.7 Å². The fourth-order valence-electron chi connectivity index (χ4n) is 4.66. The van der Waals surface area contributed by atoms with Crippen molar-refractivity contribution in [1.29, 1.82) is 0 Å². The largest absolute Gasteiger partial charge is 0.346 e. The number of amides is 4. The van der Waals surface area contributed by atoms with Crippen LogP contribution in [0.25, 0.3) is 0 Å². The number of urea groups is 1. The van der Waals surface area contributed by atoms with Gasteiger partial charge in [0, 0.05) is 32.9 Å². The molecule has 3 aliphatic rings. The van der Waals surface area contributed by atoms with E-state index in [2.05, 4.69) is 13.0 Å². The number of carbonyl (C=O) groups is 3. The lowest BCUT2D eigenvalue weighted by molar-refractivity contribution is -0.137. The Labute approximate surface area is 171 Å². The van der Waals surface area contributed by atoms with Gasteiger partial charge in [-0.05, 0) is 37.0 Å². The maximum absolute atomic E-state index is 13.6. The average molecular weight is 396 g/mol. The van der Waals surface area contributed by atoms with Gasteiger partial charge in [-0.25, -0.2) is 4.79 Å². The number of carbonyl (C=O) groups excluding carboxylic acids is 3. The zero-order chi connectivity index (χ0) is 20.7. The zero-order valence-corrected chi connectivity index (χ0v) is 17.3. The lowest BCUT2D eigenvalue weighted by Crippen LogP contribution is -2.62. The Hall–Kier alpha value is -2.83. The van der Waals surface area contributed by atoms with Crippen LogP contribution in [-0.2, 0) is 16.0 Å². The number of imide groups is 1. The molecule has 0 radical (unpaired) electrons. The summed E-state index contributed by atoms with van der Waals surface area (Å²) in [6, 6.07) is 7.67. The van der Waals surface area contributed by atoms with Gasteiger partial charge in [-0.15, -0.1) is 0 Å². The molecule has 0 N–H and O–H groups in total. The van der Waals surface area contributed by atoms with Crippen molar-refractivity contribution in [2.24, 2.45) is 5.92 Å². The van der Waals surface area contributed by atoms with E-state index in [0.29, 0.717) is 18.8 Å². The first kappa shape index (κ1) is 19.5. The van der Waals surface area contributed by atoms with Crippen LogP contribution in [0.1, 0.15) is 31.7 Å². The molecule has 2 unspecified atom stereocenters. The molecule has 1 aromatic carbocycles. The summed E-state index contributed by atoms with van der Waals surface area (Å²) in [5, 5.41) is 0. The smallest absolute Gasteiger partial charge is 0.327 e. The van der Waals surface area contributed by atoms with Gasteiger partial charge in [0.2, 0.25) is 5.91 Å². The summed E-state index contributed by atoms with van der Waals surface area (Å²) < 4.78 is 0. The molecule has 29 heavy (non-hydrogen) atoms. The summed E-state index contributed by atoms with van der Waals surface area (Å²) in [7, 11) is 3.21. The van der Waals surface area contributed by atoms with Gasteiger partial charge in [0.05, 0.1) is 5.92 Å². The number of fused-ring (bicyclic) bond motifs is 2. The van der Waals surface area contributed by atoms with Crippen molar-refractivity contribution in [1.82, 2.24) is 14.7 Å². The first-order valence-corrected chi connectivity index (χ1v) is 10.4. The van der Waals surface area contributed by atoms with E-state index in [1.54, 1.807) is 18.0 Å². The van der Waals surface area contributed by atoms with E-state index in [1.165, 1.54) is 12.6 Å². The van der Waals surface area contributed by atoms with E-state index in [1.807, 2.05) is 28.0 Å². The van der Waals surface area contributed by atoms with Crippen LogP contribution in [-0.4, -0.2) is 65.9 Å². The van der Waals surface area contributed by atoms with E-state index in [-0.39, 0.29) is 17.8 Å². The topological polar surface area (TPSA) is 64.2 Å². The molecule has 7 heteroatoms. The van der Waals surface area contributed by atoms with Crippen molar-refractivity contribution in [3.8, 4) is 0 Å². The third kappa shape index (κ3) is 3.09. The van der Waals surface area contributed by atoms with Crippen LogP contribution in [0.15, 0.2) is 36.0 Å². The molecule has 7 nitrogen and oxygen atoms in total. The van der Waals surface area contributed by atoms with Gasteiger partial charge >= 0.3 is 6.03 Å². The summed E-state index contributed by atoms with van der Waals surface area (Å²) in [6.07, 6.45) is 5.07. The number of para-hydroxylation sites is 1. The minimum atomic E-state index is -0.515. The lowest BCUT2D eigenvalue weighted by atomic mass is 10.0. The highest BCUT2D eigenvalue weighted by Gasteiger charge is 2.50. The molecule has 1 saturated heterocycles. The molecule has 1 fully saturated rings. The Morgan fingerprint density at radius 2 is 1.93 bits per heavy atom. The van der Waals surface area contributed by atoms with Crippen LogP contribution in [0, 0.1) is 5.92 Å². The van der Waals surface area contributed by atoms with Crippen LogP contribution in [0.2, 0.25) is 0 Å². The van der Waals surface area contributed by atoms with Gasteiger partial charge in [-0.2, -0.15) is 0 Å². The Balaban J connectivity index is 1.71. The average Bonchev–Trinajstić information content (AvgIpc) is 3.13. The third-order valence-electron chi connectivity index (χ3n) is 6.22. The van der Waals surface area contributed by atoms with Gasteiger partial charge in [0.1, 0.15) is 11.9 Å². The zero-order valence-electron chi connectivity index (χ0n) is 17.3. The number of hydrogen-bond acceptors (Lipinski definition) is 4. The second-order valence-electron chi connectivity index (χ2n) is 8.02. The predicted molar refractivity (Wildman–Crippen MR) is 110 cm³/mol. The molecule has 3 heterocycles. The Morgan fingerprint density at radius 3 is 2.69 bits per heavy atom. The summed E-state index contributed by atoms with van der Waals surface area (Å²) in [5.74, 6) is -0.848. The van der Waals surface area contributed by atoms with Crippen molar-refractivity contribution in [3.63, 3.8) is 0 Å². The third-order valence-corrected chi connectivity index (χ3v) is 6.22.